The number of thioether (sulfide) groups is 1. The Balaban J connectivity index is 2.37. The van der Waals surface area contributed by atoms with Crippen LogP contribution in [0.15, 0.2) is 35.2 Å². The highest BCUT2D eigenvalue weighted by molar-refractivity contribution is 7.99. The van der Waals surface area contributed by atoms with Crippen molar-refractivity contribution < 1.29 is 9.90 Å². The molecule has 0 aliphatic rings. The molecule has 1 atom stereocenters. The number of carboxylic acid groups (broad SMARTS) is 1. The van der Waals surface area contributed by atoms with E-state index < -0.39 is 11.5 Å². The molecule has 82 valence electrons. The Kier molecular flexibility index (Phi) is 4.17. The summed E-state index contributed by atoms with van der Waals surface area (Å²) in [6.07, 6.45) is 0.460. The summed E-state index contributed by atoms with van der Waals surface area (Å²) in [7, 11) is 0. The van der Waals surface area contributed by atoms with Crippen molar-refractivity contribution in [3.63, 3.8) is 0 Å². The average Bonchev–Trinajstić information content (AvgIpc) is 2.19. The van der Waals surface area contributed by atoms with Crippen molar-refractivity contribution in [2.45, 2.75) is 23.8 Å². The first-order valence-electron chi connectivity index (χ1n) is 4.72. The minimum Gasteiger partial charge on any atom is -0.480 e. The summed E-state index contributed by atoms with van der Waals surface area (Å²) < 4.78 is 0. The van der Waals surface area contributed by atoms with E-state index in [2.05, 4.69) is 0 Å². The lowest BCUT2D eigenvalue weighted by molar-refractivity contribution is -0.142. The van der Waals surface area contributed by atoms with E-state index >= 15 is 0 Å². The van der Waals surface area contributed by atoms with Crippen LogP contribution in [0.3, 0.4) is 0 Å². The molecule has 1 aromatic carbocycles. The van der Waals surface area contributed by atoms with Crippen LogP contribution in [-0.2, 0) is 4.79 Å². The van der Waals surface area contributed by atoms with Crippen molar-refractivity contribution in [3.05, 3.63) is 30.3 Å². The molecule has 1 rings (SSSR count). The molecule has 0 spiro atoms. The third kappa shape index (κ3) is 3.93. The van der Waals surface area contributed by atoms with Crippen molar-refractivity contribution in [1.29, 1.82) is 0 Å². The van der Waals surface area contributed by atoms with Gasteiger partial charge in [0.05, 0.1) is 0 Å². The molecular weight excluding hydrogens is 210 g/mol. The maximum Gasteiger partial charge on any atom is 0.323 e. The van der Waals surface area contributed by atoms with E-state index in [-0.39, 0.29) is 0 Å². The fraction of sp³-hybridized carbons (Fsp3) is 0.364. The Morgan fingerprint density at radius 1 is 1.47 bits per heavy atom. The highest BCUT2D eigenvalue weighted by atomic mass is 32.2. The van der Waals surface area contributed by atoms with Gasteiger partial charge in [-0.05, 0) is 25.5 Å². The topological polar surface area (TPSA) is 63.3 Å². The van der Waals surface area contributed by atoms with Crippen LogP contribution in [0.2, 0.25) is 0 Å². The Hall–Kier alpha value is -1.00. The smallest absolute Gasteiger partial charge is 0.323 e. The highest BCUT2D eigenvalue weighted by Gasteiger charge is 2.26. The molecule has 0 fully saturated rings. The standard InChI is InChI=1S/C11H15NO2S/c1-11(12,10(13)14)7-8-15-9-5-3-2-4-6-9/h2-6H,7-8,12H2,1H3,(H,13,14)/t11-/m0/s1. The zero-order chi connectivity index (χ0) is 11.3. The fourth-order valence-corrected chi connectivity index (χ4v) is 2.12. The van der Waals surface area contributed by atoms with Crippen LogP contribution in [-0.4, -0.2) is 22.4 Å². The lowest BCUT2D eigenvalue weighted by atomic mass is 10.0. The third-order valence-electron chi connectivity index (χ3n) is 2.12. The average molecular weight is 225 g/mol. The SMILES string of the molecule is C[C@](N)(CCSc1ccccc1)C(=O)O. The Morgan fingerprint density at radius 3 is 2.60 bits per heavy atom. The van der Waals surface area contributed by atoms with E-state index in [4.69, 9.17) is 10.8 Å². The molecular formula is C11H15NO2S. The van der Waals surface area contributed by atoms with Crippen molar-refractivity contribution in [2.75, 3.05) is 5.75 Å². The van der Waals surface area contributed by atoms with E-state index in [0.717, 1.165) is 4.90 Å². The summed E-state index contributed by atoms with van der Waals surface area (Å²) in [5, 5.41) is 8.80. The summed E-state index contributed by atoms with van der Waals surface area (Å²) in [6, 6.07) is 9.87. The molecule has 0 bridgehead atoms. The molecule has 3 N–H and O–H groups in total. The molecule has 0 amide bonds. The zero-order valence-electron chi connectivity index (χ0n) is 8.64. The van der Waals surface area contributed by atoms with Crippen LogP contribution in [0.25, 0.3) is 0 Å². The predicted octanol–water partition coefficient (Wildman–Crippen LogP) is 1.97. The van der Waals surface area contributed by atoms with Crippen molar-refractivity contribution >= 4 is 17.7 Å². The fourth-order valence-electron chi connectivity index (χ4n) is 1.00. The quantitative estimate of drug-likeness (QED) is 0.752. The summed E-state index contributed by atoms with van der Waals surface area (Å²) in [6.45, 7) is 1.54. The number of nitrogens with two attached hydrogens (primary N) is 1. The maximum atomic E-state index is 10.7. The van der Waals surface area contributed by atoms with Gasteiger partial charge in [0, 0.05) is 10.6 Å². The predicted molar refractivity (Wildman–Crippen MR) is 62.0 cm³/mol. The second-order valence-electron chi connectivity index (χ2n) is 3.63. The molecule has 0 unspecified atom stereocenters. The monoisotopic (exact) mass is 225 g/mol. The minimum absolute atomic E-state index is 0.460. The largest absolute Gasteiger partial charge is 0.480 e. The van der Waals surface area contributed by atoms with Crippen molar-refractivity contribution in [2.24, 2.45) is 5.73 Å². The summed E-state index contributed by atoms with van der Waals surface area (Å²) in [4.78, 5) is 11.9. The number of carbonyl (C=O) groups is 1. The van der Waals surface area contributed by atoms with Gasteiger partial charge in [0.25, 0.3) is 0 Å². The molecule has 0 heterocycles. The minimum atomic E-state index is -1.12. The number of aliphatic carboxylic acids is 1. The number of benzene rings is 1. The summed E-state index contributed by atoms with van der Waals surface area (Å²) in [5.74, 6) is -0.236. The van der Waals surface area contributed by atoms with Crippen LogP contribution in [0.5, 0.6) is 0 Å². The molecule has 0 aliphatic heterocycles. The van der Waals surface area contributed by atoms with Gasteiger partial charge in [0.15, 0.2) is 0 Å². The van der Waals surface area contributed by atoms with E-state index in [1.165, 1.54) is 0 Å². The maximum absolute atomic E-state index is 10.7. The molecule has 3 nitrogen and oxygen atoms in total. The Bertz CT molecular complexity index is 325. The Morgan fingerprint density at radius 2 is 2.07 bits per heavy atom. The lowest BCUT2D eigenvalue weighted by Crippen LogP contribution is -2.45. The van der Waals surface area contributed by atoms with Crippen molar-refractivity contribution in [1.82, 2.24) is 0 Å². The molecule has 0 saturated heterocycles. The zero-order valence-corrected chi connectivity index (χ0v) is 9.46. The summed E-state index contributed by atoms with van der Waals surface area (Å²) in [5.41, 5.74) is 4.49. The highest BCUT2D eigenvalue weighted by Crippen LogP contribution is 2.20. The second-order valence-corrected chi connectivity index (χ2v) is 4.80. The first-order valence-corrected chi connectivity index (χ1v) is 5.71. The lowest BCUT2D eigenvalue weighted by Gasteiger charge is -2.18. The first kappa shape index (κ1) is 12.1. The van der Waals surface area contributed by atoms with Crippen LogP contribution >= 0.6 is 11.8 Å². The van der Waals surface area contributed by atoms with Crippen LogP contribution in [0, 0.1) is 0 Å². The molecule has 15 heavy (non-hydrogen) atoms. The van der Waals surface area contributed by atoms with E-state index in [9.17, 15) is 4.79 Å². The number of hydrogen-bond donors (Lipinski definition) is 2. The van der Waals surface area contributed by atoms with Gasteiger partial charge in [-0.2, -0.15) is 0 Å². The number of carboxylic acids is 1. The van der Waals surface area contributed by atoms with Gasteiger partial charge in [0.2, 0.25) is 0 Å². The molecule has 0 saturated carbocycles. The van der Waals surface area contributed by atoms with E-state index in [1.54, 1.807) is 18.7 Å². The van der Waals surface area contributed by atoms with Crippen molar-refractivity contribution in [3.8, 4) is 0 Å². The molecule has 0 aliphatic carbocycles. The normalized spacial score (nSPS) is 14.5. The van der Waals surface area contributed by atoms with Gasteiger partial charge in [-0.15, -0.1) is 11.8 Å². The number of rotatable bonds is 5. The molecule has 0 radical (unpaired) electrons. The Labute approximate surface area is 93.7 Å². The second kappa shape index (κ2) is 5.19. The van der Waals surface area contributed by atoms with Gasteiger partial charge in [-0.1, -0.05) is 18.2 Å². The summed E-state index contributed by atoms with van der Waals surface area (Å²) >= 11 is 1.62. The van der Waals surface area contributed by atoms with Gasteiger partial charge in [0.1, 0.15) is 5.54 Å². The van der Waals surface area contributed by atoms with Gasteiger partial charge < -0.3 is 10.8 Å². The third-order valence-corrected chi connectivity index (χ3v) is 3.14. The molecule has 0 aromatic heterocycles. The molecule has 1 aromatic rings. The number of hydrogen-bond acceptors (Lipinski definition) is 3. The first-order chi connectivity index (χ1) is 7.02. The van der Waals surface area contributed by atoms with Crippen LogP contribution < -0.4 is 5.73 Å². The van der Waals surface area contributed by atoms with Gasteiger partial charge in [-0.3, -0.25) is 4.79 Å². The van der Waals surface area contributed by atoms with Crippen LogP contribution in [0.4, 0.5) is 0 Å². The van der Waals surface area contributed by atoms with Crippen LogP contribution in [0.1, 0.15) is 13.3 Å². The van der Waals surface area contributed by atoms with E-state index in [1.807, 2.05) is 30.3 Å². The van der Waals surface area contributed by atoms with Gasteiger partial charge in [-0.25, -0.2) is 0 Å². The molecule has 4 heteroatoms. The van der Waals surface area contributed by atoms with E-state index in [0.29, 0.717) is 12.2 Å². The van der Waals surface area contributed by atoms with Gasteiger partial charge >= 0.3 is 5.97 Å².